The summed E-state index contributed by atoms with van der Waals surface area (Å²) >= 11 is 0. The molecule has 1 aliphatic rings. The predicted molar refractivity (Wildman–Crippen MR) is 90.9 cm³/mol. The van der Waals surface area contributed by atoms with Crippen LogP contribution in [0.25, 0.3) is 11.0 Å². The molecule has 2 aromatic heterocycles. The van der Waals surface area contributed by atoms with Crippen LogP contribution in [0.5, 0.6) is 0 Å². The lowest BCUT2D eigenvalue weighted by Gasteiger charge is -2.33. The first-order valence-corrected chi connectivity index (χ1v) is 8.56. The van der Waals surface area contributed by atoms with Crippen molar-refractivity contribution < 1.29 is 18.3 Å². The highest BCUT2D eigenvalue weighted by molar-refractivity contribution is 5.86. The maximum atomic E-state index is 13.4. The normalized spacial score (nSPS) is 18.3. The SMILES string of the molecule is COC(=O)c1coc(CN2CCCC[C@@H]2c2nc3ccc(F)cc3[nH]2)n1. The Morgan fingerprint density at radius 3 is 3.15 bits per heavy atom. The number of aromatic amines is 1. The molecule has 1 aromatic carbocycles. The summed E-state index contributed by atoms with van der Waals surface area (Å²) in [6, 6.07) is 4.60. The number of hydrogen-bond acceptors (Lipinski definition) is 6. The first kappa shape index (κ1) is 16.7. The molecule has 0 radical (unpaired) electrons. The molecule has 1 aliphatic heterocycles. The summed E-state index contributed by atoms with van der Waals surface area (Å²) in [7, 11) is 1.31. The van der Waals surface area contributed by atoms with Gasteiger partial charge in [-0.1, -0.05) is 6.42 Å². The molecule has 4 rings (SSSR count). The van der Waals surface area contributed by atoms with E-state index in [1.165, 1.54) is 25.5 Å². The Hall–Kier alpha value is -2.74. The summed E-state index contributed by atoms with van der Waals surface area (Å²) in [6.07, 6.45) is 4.40. The van der Waals surface area contributed by atoms with Crippen molar-refractivity contribution in [1.29, 1.82) is 0 Å². The van der Waals surface area contributed by atoms with Gasteiger partial charge in [-0.15, -0.1) is 0 Å². The number of halogens is 1. The molecule has 0 unspecified atom stereocenters. The first-order valence-electron chi connectivity index (χ1n) is 8.56. The second-order valence-electron chi connectivity index (χ2n) is 6.38. The summed E-state index contributed by atoms with van der Waals surface area (Å²) in [5.74, 6) is 0.460. The van der Waals surface area contributed by atoms with Crippen LogP contribution in [0.3, 0.4) is 0 Å². The number of rotatable bonds is 4. The van der Waals surface area contributed by atoms with E-state index >= 15 is 0 Å². The Morgan fingerprint density at radius 2 is 2.31 bits per heavy atom. The van der Waals surface area contributed by atoms with Gasteiger partial charge in [0.15, 0.2) is 5.69 Å². The van der Waals surface area contributed by atoms with Gasteiger partial charge < -0.3 is 14.1 Å². The Morgan fingerprint density at radius 1 is 1.42 bits per heavy atom. The molecule has 0 saturated carbocycles. The van der Waals surface area contributed by atoms with Gasteiger partial charge in [0.2, 0.25) is 5.89 Å². The lowest BCUT2D eigenvalue weighted by molar-refractivity contribution is 0.0593. The number of nitrogens with zero attached hydrogens (tertiary/aromatic N) is 3. The number of ether oxygens (including phenoxy) is 1. The summed E-state index contributed by atoms with van der Waals surface area (Å²) in [6.45, 7) is 1.33. The van der Waals surface area contributed by atoms with Crippen LogP contribution in [0.2, 0.25) is 0 Å². The maximum absolute atomic E-state index is 13.4. The fourth-order valence-electron chi connectivity index (χ4n) is 3.40. The number of imidazole rings is 1. The van der Waals surface area contributed by atoms with Gasteiger partial charge >= 0.3 is 5.97 Å². The third-order valence-corrected chi connectivity index (χ3v) is 4.68. The van der Waals surface area contributed by atoms with Crippen molar-refractivity contribution in [2.75, 3.05) is 13.7 Å². The van der Waals surface area contributed by atoms with Gasteiger partial charge in [-0.3, -0.25) is 4.90 Å². The second kappa shape index (κ2) is 6.87. The summed E-state index contributed by atoms with van der Waals surface area (Å²) in [4.78, 5) is 25.8. The van der Waals surface area contributed by atoms with Crippen LogP contribution in [0.4, 0.5) is 4.39 Å². The second-order valence-corrected chi connectivity index (χ2v) is 6.38. The Bertz CT molecular complexity index is 936. The minimum Gasteiger partial charge on any atom is -0.464 e. The van der Waals surface area contributed by atoms with Crippen molar-refractivity contribution in [3.63, 3.8) is 0 Å². The fraction of sp³-hybridized carbons (Fsp3) is 0.389. The molecule has 1 saturated heterocycles. The molecule has 136 valence electrons. The van der Waals surface area contributed by atoms with Crippen LogP contribution in [-0.4, -0.2) is 39.5 Å². The number of esters is 1. The highest BCUT2D eigenvalue weighted by atomic mass is 19.1. The molecule has 1 fully saturated rings. The van der Waals surface area contributed by atoms with Crippen LogP contribution < -0.4 is 0 Å². The van der Waals surface area contributed by atoms with E-state index in [1.807, 2.05) is 0 Å². The third-order valence-electron chi connectivity index (χ3n) is 4.68. The van der Waals surface area contributed by atoms with Gasteiger partial charge in [-0.05, 0) is 37.6 Å². The minimum atomic E-state index is -0.519. The standard InChI is InChI=1S/C18H19FN4O3/c1-25-18(24)14-10-26-16(20-14)9-23-7-3-2-4-15(23)17-21-12-6-5-11(19)8-13(12)22-17/h5-6,8,10,15H,2-4,7,9H2,1H3,(H,21,22)/t15-/m1/s1. The zero-order chi connectivity index (χ0) is 18.1. The molecular formula is C18H19FN4O3. The number of fused-ring (bicyclic) bond motifs is 1. The average Bonchev–Trinajstić information content (AvgIpc) is 3.28. The van der Waals surface area contributed by atoms with Gasteiger partial charge in [0.1, 0.15) is 17.9 Å². The molecule has 0 spiro atoms. The van der Waals surface area contributed by atoms with E-state index in [9.17, 15) is 9.18 Å². The molecular weight excluding hydrogens is 339 g/mol. The van der Waals surface area contributed by atoms with Crippen molar-refractivity contribution in [2.24, 2.45) is 0 Å². The van der Waals surface area contributed by atoms with E-state index in [-0.39, 0.29) is 17.6 Å². The number of aromatic nitrogens is 3. The van der Waals surface area contributed by atoms with Crippen LogP contribution in [-0.2, 0) is 11.3 Å². The van der Waals surface area contributed by atoms with Crippen molar-refractivity contribution >= 4 is 17.0 Å². The van der Waals surface area contributed by atoms with E-state index in [2.05, 4.69) is 24.6 Å². The van der Waals surface area contributed by atoms with Crippen LogP contribution in [0.15, 0.2) is 28.9 Å². The molecule has 7 nitrogen and oxygen atoms in total. The lowest BCUT2D eigenvalue weighted by Crippen LogP contribution is -2.33. The molecule has 1 atom stereocenters. The van der Waals surface area contributed by atoms with Gasteiger partial charge in [-0.25, -0.2) is 19.2 Å². The van der Waals surface area contributed by atoms with E-state index in [4.69, 9.17) is 4.42 Å². The molecule has 0 amide bonds. The molecule has 3 aromatic rings. The van der Waals surface area contributed by atoms with Crippen molar-refractivity contribution in [3.05, 3.63) is 47.7 Å². The zero-order valence-corrected chi connectivity index (χ0v) is 14.4. The Kier molecular flexibility index (Phi) is 4.42. The summed E-state index contributed by atoms with van der Waals surface area (Å²) in [5, 5.41) is 0. The van der Waals surface area contributed by atoms with Gasteiger partial charge in [0, 0.05) is 0 Å². The molecule has 1 N–H and O–H groups in total. The number of carbonyl (C=O) groups is 1. The fourth-order valence-corrected chi connectivity index (χ4v) is 3.40. The number of piperidine rings is 1. The van der Waals surface area contributed by atoms with Crippen molar-refractivity contribution in [1.82, 2.24) is 19.9 Å². The minimum absolute atomic E-state index is 0.0627. The van der Waals surface area contributed by atoms with Gasteiger partial charge in [-0.2, -0.15) is 0 Å². The predicted octanol–water partition coefficient (Wildman–Crippen LogP) is 3.20. The number of likely N-dealkylation sites (tertiary alicyclic amines) is 1. The molecule has 26 heavy (non-hydrogen) atoms. The Balaban J connectivity index is 1.57. The van der Waals surface area contributed by atoms with E-state index < -0.39 is 5.97 Å². The van der Waals surface area contributed by atoms with E-state index in [0.29, 0.717) is 18.0 Å². The third kappa shape index (κ3) is 3.20. The first-order chi connectivity index (χ1) is 12.6. The number of carbonyl (C=O) groups excluding carboxylic acids is 1. The topological polar surface area (TPSA) is 84.2 Å². The monoisotopic (exact) mass is 358 g/mol. The molecule has 0 aliphatic carbocycles. The Labute approximate surface area is 149 Å². The lowest BCUT2D eigenvalue weighted by atomic mass is 10.0. The highest BCUT2D eigenvalue weighted by Crippen LogP contribution is 2.31. The zero-order valence-electron chi connectivity index (χ0n) is 14.4. The van der Waals surface area contributed by atoms with E-state index in [0.717, 1.165) is 37.1 Å². The largest absolute Gasteiger partial charge is 0.464 e. The van der Waals surface area contributed by atoms with E-state index in [1.54, 1.807) is 6.07 Å². The van der Waals surface area contributed by atoms with Gasteiger partial charge in [0.05, 0.1) is 30.7 Å². The van der Waals surface area contributed by atoms with Crippen molar-refractivity contribution in [2.45, 2.75) is 31.8 Å². The highest BCUT2D eigenvalue weighted by Gasteiger charge is 2.28. The number of H-pyrrole nitrogens is 1. The van der Waals surface area contributed by atoms with Crippen LogP contribution in [0.1, 0.15) is 47.5 Å². The number of nitrogens with one attached hydrogen (secondary N) is 1. The van der Waals surface area contributed by atoms with Gasteiger partial charge in [0.25, 0.3) is 0 Å². The maximum Gasteiger partial charge on any atom is 0.360 e. The molecule has 8 heteroatoms. The number of oxazole rings is 1. The molecule has 0 bridgehead atoms. The number of benzene rings is 1. The van der Waals surface area contributed by atoms with Crippen LogP contribution in [0, 0.1) is 5.82 Å². The number of hydrogen-bond donors (Lipinski definition) is 1. The molecule has 3 heterocycles. The smallest absolute Gasteiger partial charge is 0.360 e. The summed E-state index contributed by atoms with van der Waals surface area (Å²) < 4.78 is 23.5. The van der Waals surface area contributed by atoms with Crippen LogP contribution >= 0.6 is 0 Å². The number of methoxy groups -OCH3 is 1. The van der Waals surface area contributed by atoms with Crippen molar-refractivity contribution in [3.8, 4) is 0 Å². The average molecular weight is 358 g/mol. The quantitative estimate of drug-likeness (QED) is 0.721. The summed E-state index contributed by atoms with van der Waals surface area (Å²) in [5.41, 5.74) is 1.60.